The molecule has 0 aliphatic carbocycles. The van der Waals surface area contributed by atoms with E-state index in [1.165, 1.54) is 18.2 Å². The third-order valence-electron chi connectivity index (χ3n) is 4.88. The second kappa shape index (κ2) is 7.01. The number of aliphatic hydroxyl groups is 8. The molecule has 13 heteroatoms. The van der Waals surface area contributed by atoms with Gasteiger partial charge in [0.15, 0.2) is 0 Å². The lowest BCUT2D eigenvalue weighted by Crippen LogP contribution is -2.86. The zero-order chi connectivity index (χ0) is 23.5. The van der Waals surface area contributed by atoms with Gasteiger partial charge in [0.2, 0.25) is 0 Å². The summed E-state index contributed by atoms with van der Waals surface area (Å²) in [5.41, 5.74) is -1.08. The highest BCUT2D eigenvalue weighted by Crippen LogP contribution is 2.53. The molecular weight excluding hydrogens is 431 g/mol. The van der Waals surface area contributed by atoms with E-state index < -0.39 is 52.7 Å². The maximum atomic E-state index is 12.3. The van der Waals surface area contributed by atoms with Gasteiger partial charge >= 0.3 is 18.2 Å². The smallest absolute Gasteiger partial charge is 0.406 e. The van der Waals surface area contributed by atoms with Gasteiger partial charge in [0.25, 0.3) is 11.6 Å². The first-order valence-corrected chi connectivity index (χ1v) is 8.53. The molecule has 0 saturated carbocycles. The Bertz CT molecular complexity index is 903. The lowest BCUT2D eigenvalue weighted by atomic mass is 9.74. The molecule has 0 aromatic heterocycles. The maximum Gasteiger partial charge on any atom is 0.573 e. The molecule has 8 N–H and O–H groups in total. The van der Waals surface area contributed by atoms with Crippen LogP contribution in [0.5, 0.6) is 5.75 Å². The molecule has 1 fully saturated rings. The fourth-order valence-electron chi connectivity index (χ4n) is 3.48. The topological polar surface area (TPSA) is 174 Å². The van der Waals surface area contributed by atoms with Gasteiger partial charge in [-0.25, -0.2) is 0 Å². The number of anilines is 1. The molecule has 0 radical (unpaired) electrons. The predicted octanol–water partition coefficient (Wildman–Crippen LogP) is -1.17. The first kappa shape index (κ1) is 23.2. The van der Waals surface area contributed by atoms with E-state index in [0.29, 0.717) is 24.3 Å². The Morgan fingerprint density at radius 3 is 1.58 bits per heavy atom. The van der Waals surface area contributed by atoms with Crippen LogP contribution in [0.1, 0.15) is 11.5 Å². The number of rotatable bonds is 3. The predicted molar refractivity (Wildman–Crippen MR) is 93.5 cm³/mol. The number of piperidine rings is 1. The summed E-state index contributed by atoms with van der Waals surface area (Å²) in [5.74, 6) is -19.2. The molecule has 10 nitrogen and oxygen atoms in total. The van der Waals surface area contributed by atoms with Crippen molar-refractivity contribution >= 4 is 5.69 Å². The van der Waals surface area contributed by atoms with Gasteiger partial charge in [-0.15, -0.1) is 13.2 Å². The number of hydrogen-bond donors (Lipinski definition) is 8. The van der Waals surface area contributed by atoms with Crippen LogP contribution >= 0.6 is 0 Å². The van der Waals surface area contributed by atoms with E-state index in [4.69, 9.17) is 0 Å². The maximum absolute atomic E-state index is 12.3. The number of ether oxygens (including phenoxy) is 1. The van der Waals surface area contributed by atoms with Crippen molar-refractivity contribution < 1.29 is 58.8 Å². The average Bonchev–Trinajstić information content (AvgIpc) is 2.61. The van der Waals surface area contributed by atoms with E-state index >= 15 is 0 Å². The van der Waals surface area contributed by atoms with Gasteiger partial charge in [-0.3, -0.25) is 4.90 Å². The summed E-state index contributed by atoms with van der Waals surface area (Å²) in [6, 6.07) is 8.90. The molecule has 2 aromatic carbocycles. The molecule has 0 unspecified atom stereocenters. The van der Waals surface area contributed by atoms with Crippen molar-refractivity contribution in [2.24, 2.45) is 0 Å². The molecule has 1 heterocycles. The standard InChI is InChI=1S/C18H18F3NO9/c19-18(20,21)31-12-8-6-10(7-9-12)13-14(23,24)16(27,28)22(11-4-2-1-3-5-11)17(29,30)15(13,25)26/h1-9,13,23-30H. The van der Waals surface area contributed by atoms with E-state index in [1.54, 1.807) is 0 Å². The molecule has 1 aliphatic rings. The Morgan fingerprint density at radius 1 is 0.710 bits per heavy atom. The number of benzene rings is 2. The summed E-state index contributed by atoms with van der Waals surface area (Å²) < 4.78 is 40.6. The minimum Gasteiger partial charge on any atom is -0.406 e. The quantitative estimate of drug-likeness (QED) is 0.267. The minimum absolute atomic E-state index is 0.252. The van der Waals surface area contributed by atoms with Crippen LogP contribution in [0.3, 0.4) is 0 Å². The van der Waals surface area contributed by atoms with Crippen molar-refractivity contribution in [1.29, 1.82) is 0 Å². The van der Waals surface area contributed by atoms with Gasteiger partial charge in [0, 0.05) is 5.69 Å². The van der Waals surface area contributed by atoms with Crippen LogP contribution in [0.2, 0.25) is 0 Å². The van der Waals surface area contributed by atoms with E-state index in [1.807, 2.05) is 0 Å². The number of para-hydroxylation sites is 1. The monoisotopic (exact) mass is 449 g/mol. The second-order valence-electron chi connectivity index (χ2n) is 6.94. The van der Waals surface area contributed by atoms with E-state index in [2.05, 4.69) is 4.74 Å². The number of alkyl halides is 3. The van der Waals surface area contributed by atoms with Crippen LogP contribution in [0.15, 0.2) is 54.6 Å². The second-order valence-corrected chi connectivity index (χ2v) is 6.94. The first-order chi connectivity index (χ1) is 14.0. The Morgan fingerprint density at radius 2 is 1.16 bits per heavy atom. The summed E-state index contributed by atoms with van der Waals surface area (Å²) in [6.07, 6.45) is -5.05. The van der Waals surface area contributed by atoms with Gasteiger partial charge in [0.05, 0.1) is 0 Å². The van der Waals surface area contributed by atoms with Crippen LogP contribution < -0.4 is 9.64 Å². The summed E-state index contributed by atoms with van der Waals surface area (Å²) in [6.45, 7) is 0. The molecule has 0 spiro atoms. The summed E-state index contributed by atoms with van der Waals surface area (Å²) in [5, 5.41) is 84.1. The largest absolute Gasteiger partial charge is 0.573 e. The van der Waals surface area contributed by atoms with Gasteiger partial charge in [-0.1, -0.05) is 30.3 Å². The van der Waals surface area contributed by atoms with Crippen LogP contribution in [0.4, 0.5) is 18.9 Å². The van der Waals surface area contributed by atoms with Crippen molar-refractivity contribution in [3.63, 3.8) is 0 Å². The lowest BCUT2D eigenvalue weighted by Gasteiger charge is -2.60. The molecule has 170 valence electrons. The zero-order valence-electron chi connectivity index (χ0n) is 15.3. The van der Waals surface area contributed by atoms with Gasteiger partial charge in [-0.05, 0) is 29.8 Å². The van der Waals surface area contributed by atoms with Crippen LogP contribution in [-0.4, -0.2) is 70.6 Å². The molecule has 1 aliphatic heterocycles. The fourth-order valence-corrected chi connectivity index (χ4v) is 3.48. The molecule has 0 amide bonds. The van der Waals surface area contributed by atoms with Gasteiger partial charge < -0.3 is 45.6 Å². The van der Waals surface area contributed by atoms with Gasteiger partial charge in [-0.2, -0.15) is 0 Å². The van der Waals surface area contributed by atoms with Crippen molar-refractivity contribution in [3.05, 3.63) is 60.2 Å². The highest BCUT2D eigenvalue weighted by molar-refractivity contribution is 5.53. The third kappa shape index (κ3) is 3.60. The third-order valence-corrected chi connectivity index (χ3v) is 4.88. The Balaban J connectivity index is 2.13. The average molecular weight is 449 g/mol. The molecule has 1 saturated heterocycles. The molecule has 2 aromatic rings. The van der Waals surface area contributed by atoms with Crippen molar-refractivity contribution in [2.75, 3.05) is 4.90 Å². The Hall–Kier alpha value is -2.49. The minimum atomic E-state index is -5.05. The Labute approximate surface area is 171 Å². The van der Waals surface area contributed by atoms with Crippen molar-refractivity contribution in [2.45, 2.75) is 35.7 Å². The lowest BCUT2D eigenvalue weighted by molar-refractivity contribution is -0.483. The van der Waals surface area contributed by atoms with E-state index in [-0.39, 0.29) is 4.90 Å². The molecule has 0 atom stereocenters. The number of nitrogens with zero attached hydrogens (tertiary/aromatic N) is 1. The highest BCUT2D eigenvalue weighted by Gasteiger charge is 2.77. The van der Waals surface area contributed by atoms with Crippen molar-refractivity contribution in [3.8, 4) is 5.75 Å². The van der Waals surface area contributed by atoms with E-state index in [0.717, 1.165) is 12.1 Å². The SMILES string of the molecule is OC1(O)C(c2ccc(OC(F)(F)F)cc2)C(O)(O)C(O)(O)N(c2ccccc2)C1(O)O. The molecule has 3 rings (SSSR count). The molecule has 31 heavy (non-hydrogen) atoms. The first-order valence-electron chi connectivity index (χ1n) is 8.53. The van der Waals surface area contributed by atoms with Gasteiger partial charge in [0.1, 0.15) is 11.7 Å². The van der Waals surface area contributed by atoms with Crippen LogP contribution in [0.25, 0.3) is 0 Å². The Kier molecular flexibility index (Phi) is 5.24. The van der Waals surface area contributed by atoms with E-state index in [9.17, 15) is 54.0 Å². The molecule has 0 bridgehead atoms. The summed E-state index contributed by atoms with van der Waals surface area (Å²) in [7, 11) is 0. The van der Waals surface area contributed by atoms with Crippen LogP contribution in [-0.2, 0) is 0 Å². The number of halogens is 3. The zero-order valence-corrected chi connectivity index (χ0v) is 15.3. The van der Waals surface area contributed by atoms with Crippen LogP contribution in [0, 0.1) is 0 Å². The molecular formula is C18H18F3NO9. The normalized spacial score (nSPS) is 22.2. The van der Waals surface area contributed by atoms with Crippen molar-refractivity contribution in [1.82, 2.24) is 0 Å². The number of hydrogen-bond acceptors (Lipinski definition) is 10. The summed E-state index contributed by atoms with van der Waals surface area (Å²) >= 11 is 0. The highest BCUT2D eigenvalue weighted by atomic mass is 19.4. The summed E-state index contributed by atoms with van der Waals surface area (Å²) in [4.78, 5) is -0.252. The fraction of sp³-hybridized carbons (Fsp3) is 0.333.